The monoisotopic (exact) mass is 342 g/mol. The number of hydrogen-bond donors (Lipinski definition) is 1. The summed E-state index contributed by atoms with van der Waals surface area (Å²) in [6, 6.07) is 7.64. The highest BCUT2D eigenvalue weighted by molar-refractivity contribution is 7.09. The summed E-state index contributed by atoms with van der Waals surface area (Å²) in [5.74, 6) is 0.00486. The third-order valence-electron chi connectivity index (χ3n) is 4.17. The van der Waals surface area contributed by atoms with E-state index in [1.807, 2.05) is 34.3 Å². The van der Waals surface area contributed by atoms with Crippen LogP contribution in [0.15, 0.2) is 52.8 Å². The largest absolute Gasteiger partial charge is 0.472 e. The molecule has 1 N–H and O–H groups in total. The summed E-state index contributed by atoms with van der Waals surface area (Å²) in [4.78, 5) is 16.1. The van der Waals surface area contributed by atoms with E-state index >= 15 is 0 Å². The second-order valence-electron chi connectivity index (χ2n) is 5.88. The Balaban J connectivity index is 1.47. The summed E-state index contributed by atoms with van der Waals surface area (Å²) in [5, 5.41) is 9.39. The zero-order chi connectivity index (χ0) is 16.4. The van der Waals surface area contributed by atoms with Crippen molar-refractivity contribution >= 4 is 17.2 Å². The summed E-state index contributed by atoms with van der Waals surface area (Å²) in [6.07, 6.45) is 5.18. The quantitative estimate of drug-likeness (QED) is 0.773. The SMILES string of the molecule is O=C(NCc1cccs1)[C@@H]1CN(Cc2ccoc2)Cc2ccnn21. The Morgan fingerprint density at radius 3 is 3.17 bits per heavy atom. The molecular weight excluding hydrogens is 324 g/mol. The lowest BCUT2D eigenvalue weighted by Crippen LogP contribution is -2.44. The molecule has 0 aliphatic carbocycles. The number of nitrogens with zero attached hydrogens (tertiary/aromatic N) is 3. The molecular formula is C17H18N4O2S. The molecule has 0 bridgehead atoms. The van der Waals surface area contributed by atoms with Gasteiger partial charge < -0.3 is 9.73 Å². The minimum Gasteiger partial charge on any atom is -0.472 e. The molecule has 6 nitrogen and oxygen atoms in total. The first-order valence-electron chi connectivity index (χ1n) is 7.85. The van der Waals surface area contributed by atoms with E-state index < -0.39 is 0 Å². The molecule has 0 radical (unpaired) electrons. The second kappa shape index (κ2) is 6.62. The topological polar surface area (TPSA) is 63.3 Å². The number of carbonyl (C=O) groups excluding carboxylic acids is 1. The lowest BCUT2D eigenvalue weighted by atomic mass is 10.1. The Hall–Kier alpha value is -2.38. The van der Waals surface area contributed by atoms with Gasteiger partial charge in [-0.05, 0) is 23.6 Å². The fourth-order valence-electron chi connectivity index (χ4n) is 3.02. The highest BCUT2D eigenvalue weighted by atomic mass is 32.1. The average molecular weight is 342 g/mol. The molecule has 4 rings (SSSR count). The van der Waals surface area contributed by atoms with E-state index in [1.165, 1.54) is 0 Å². The predicted octanol–water partition coefficient (Wildman–Crippen LogP) is 2.41. The van der Waals surface area contributed by atoms with Gasteiger partial charge in [0.25, 0.3) is 0 Å². The van der Waals surface area contributed by atoms with Crippen LogP contribution < -0.4 is 5.32 Å². The van der Waals surface area contributed by atoms with Gasteiger partial charge in [0.15, 0.2) is 0 Å². The first-order chi connectivity index (χ1) is 11.8. The molecule has 1 aliphatic heterocycles. The maximum absolute atomic E-state index is 12.7. The van der Waals surface area contributed by atoms with Crippen LogP contribution in [0.4, 0.5) is 0 Å². The Kier molecular flexibility index (Phi) is 4.18. The van der Waals surface area contributed by atoms with E-state index in [0.29, 0.717) is 13.1 Å². The van der Waals surface area contributed by atoms with Crippen molar-refractivity contribution < 1.29 is 9.21 Å². The standard InChI is InChI=1S/C17H18N4O2S/c22-17(18-8-15-2-1-7-24-15)16-11-20(9-13-4-6-23-12-13)10-14-3-5-19-21(14)16/h1-7,12,16H,8-11H2,(H,18,22)/t16-/m0/s1. The highest BCUT2D eigenvalue weighted by Crippen LogP contribution is 2.22. The van der Waals surface area contributed by atoms with Crippen LogP contribution in [0.1, 0.15) is 22.2 Å². The van der Waals surface area contributed by atoms with Crippen LogP contribution in [0.5, 0.6) is 0 Å². The summed E-state index contributed by atoms with van der Waals surface area (Å²) in [5.41, 5.74) is 2.17. The number of thiophene rings is 1. The zero-order valence-corrected chi connectivity index (χ0v) is 13.9. The van der Waals surface area contributed by atoms with E-state index in [4.69, 9.17) is 4.42 Å². The number of hydrogen-bond acceptors (Lipinski definition) is 5. The predicted molar refractivity (Wildman–Crippen MR) is 90.3 cm³/mol. The smallest absolute Gasteiger partial charge is 0.246 e. The molecule has 3 aromatic heterocycles. The van der Waals surface area contributed by atoms with Crippen molar-refractivity contribution in [3.8, 4) is 0 Å². The molecule has 4 heterocycles. The van der Waals surface area contributed by atoms with Crippen LogP contribution in [0.2, 0.25) is 0 Å². The van der Waals surface area contributed by atoms with E-state index in [1.54, 1.807) is 30.1 Å². The molecule has 0 saturated heterocycles. The summed E-state index contributed by atoms with van der Waals surface area (Å²) >= 11 is 1.64. The van der Waals surface area contributed by atoms with Crippen LogP contribution in [0.3, 0.4) is 0 Å². The molecule has 3 aromatic rings. The first-order valence-corrected chi connectivity index (χ1v) is 8.73. The molecule has 1 atom stereocenters. The molecule has 24 heavy (non-hydrogen) atoms. The molecule has 0 fully saturated rings. The van der Waals surface area contributed by atoms with Crippen molar-refractivity contribution in [3.63, 3.8) is 0 Å². The van der Waals surface area contributed by atoms with Gasteiger partial charge in [-0.15, -0.1) is 11.3 Å². The van der Waals surface area contributed by atoms with Crippen molar-refractivity contribution in [2.45, 2.75) is 25.7 Å². The summed E-state index contributed by atoms with van der Waals surface area (Å²) in [7, 11) is 0. The maximum atomic E-state index is 12.7. The van der Waals surface area contributed by atoms with Gasteiger partial charge in [0, 0.05) is 36.3 Å². The van der Waals surface area contributed by atoms with Crippen molar-refractivity contribution in [3.05, 3.63) is 64.5 Å². The van der Waals surface area contributed by atoms with Gasteiger partial charge >= 0.3 is 0 Å². The van der Waals surface area contributed by atoms with Gasteiger partial charge in [-0.1, -0.05) is 6.07 Å². The molecule has 1 aliphatic rings. The van der Waals surface area contributed by atoms with E-state index in [0.717, 1.165) is 29.2 Å². The molecule has 0 unspecified atom stereocenters. The van der Waals surface area contributed by atoms with Crippen LogP contribution in [-0.4, -0.2) is 27.1 Å². The normalized spacial score (nSPS) is 17.6. The molecule has 124 valence electrons. The van der Waals surface area contributed by atoms with Crippen molar-refractivity contribution in [1.29, 1.82) is 0 Å². The molecule has 0 saturated carbocycles. The number of nitrogens with one attached hydrogen (secondary N) is 1. The number of fused-ring (bicyclic) bond motifs is 1. The number of rotatable bonds is 5. The third kappa shape index (κ3) is 3.13. The second-order valence-corrected chi connectivity index (χ2v) is 6.91. The van der Waals surface area contributed by atoms with Gasteiger partial charge in [-0.25, -0.2) is 0 Å². The Morgan fingerprint density at radius 2 is 2.38 bits per heavy atom. The third-order valence-corrected chi connectivity index (χ3v) is 5.05. The summed E-state index contributed by atoms with van der Waals surface area (Å²) in [6.45, 7) is 2.73. The molecule has 7 heteroatoms. The lowest BCUT2D eigenvalue weighted by molar-refractivity contribution is -0.126. The van der Waals surface area contributed by atoms with E-state index in [9.17, 15) is 4.79 Å². The molecule has 0 aromatic carbocycles. The van der Waals surface area contributed by atoms with Gasteiger partial charge in [0.1, 0.15) is 6.04 Å². The minimum atomic E-state index is -0.310. The van der Waals surface area contributed by atoms with Gasteiger partial charge in [-0.2, -0.15) is 5.10 Å². The van der Waals surface area contributed by atoms with Crippen LogP contribution in [0.25, 0.3) is 0 Å². The van der Waals surface area contributed by atoms with Crippen molar-refractivity contribution in [2.24, 2.45) is 0 Å². The van der Waals surface area contributed by atoms with Gasteiger partial charge in [0.05, 0.1) is 24.8 Å². The highest BCUT2D eigenvalue weighted by Gasteiger charge is 2.30. The van der Waals surface area contributed by atoms with Crippen LogP contribution in [-0.2, 0) is 24.4 Å². The van der Waals surface area contributed by atoms with Crippen LogP contribution in [0, 0.1) is 0 Å². The van der Waals surface area contributed by atoms with E-state index in [2.05, 4.69) is 15.3 Å². The van der Waals surface area contributed by atoms with E-state index in [-0.39, 0.29) is 11.9 Å². The zero-order valence-electron chi connectivity index (χ0n) is 13.1. The summed E-state index contributed by atoms with van der Waals surface area (Å²) < 4.78 is 6.99. The van der Waals surface area contributed by atoms with Gasteiger partial charge in [-0.3, -0.25) is 14.4 Å². The average Bonchev–Trinajstić information content (AvgIpc) is 3.33. The Morgan fingerprint density at radius 1 is 1.42 bits per heavy atom. The first kappa shape index (κ1) is 15.2. The lowest BCUT2D eigenvalue weighted by Gasteiger charge is -2.32. The number of aromatic nitrogens is 2. The van der Waals surface area contributed by atoms with Crippen molar-refractivity contribution in [1.82, 2.24) is 20.0 Å². The Labute approximate surface area is 143 Å². The Bertz CT molecular complexity index is 795. The fraction of sp³-hybridized carbons (Fsp3) is 0.294. The number of furan rings is 1. The number of amides is 1. The number of carbonyl (C=O) groups is 1. The van der Waals surface area contributed by atoms with Crippen molar-refractivity contribution in [2.75, 3.05) is 6.54 Å². The fourth-order valence-corrected chi connectivity index (χ4v) is 3.67. The maximum Gasteiger partial charge on any atom is 0.246 e. The molecule has 0 spiro atoms. The van der Waals surface area contributed by atoms with Gasteiger partial charge in [0.2, 0.25) is 5.91 Å². The minimum absolute atomic E-state index is 0.00486. The molecule has 1 amide bonds. The van der Waals surface area contributed by atoms with Crippen LogP contribution >= 0.6 is 11.3 Å².